The molecule has 1 N–H and O–H groups in total. The molecular formula is C25H20F4N4O2. The van der Waals surface area contributed by atoms with E-state index < -0.39 is 23.5 Å². The van der Waals surface area contributed by atoms with E-state index in [9.17, 15) is 22.4 Å². The molecule has 0 spiro atoms. The zero-order chi connectivity index (χ0) is 25.2. The molecule has 4 rings (SSSR count). The van der Waals surface area contributed by atoms with Crippen LogP contribution in [-0.4, -0.2) is 26.8 Å². The summed E-state index contributed by atoms with van der Waals surface area (Å²) in [5, 5.41) is 7.02. The molecule has 3 aromatic carbocycles. The van der Waals surface area contributed by atoms with E-state index in [-0.39, 0.29) is 29.1 Å². The van der Waals surface area contributed by atoms with E-state index >= 15 is 0 Å². The number of alkyl halides is 3. The van der Waals surface area contributed by atoms with Gasteiger partial charge < -0.3 is 10.1 Å². The van der Waals surface area contributed by atoms with Crippen molar-refractivity contribution < 1.29 is 27.1 Å². The summed E-state index contributed by atoms with van der Waals surface area (Å²) in [6, 6.07) is 16.4. The number of ether oxygens (including phenoxy) is 1. The molecule has 35 heavy (non-hydrogen) atoms. The van der Waals surface area contributed by atoms with Gasteiger partial charge in [-0.2, -0.15) is 18.2 Å². The smallest absolute Gasteiger partial charge is 0.416 e. The summed E-state index contributed by atoms with van der Waals surface area (Å²) in [5.74, 6) is -0.707. The van der Waals surface area contributed by atoms with Crippen molar-refractivity contribution in [2.24, 2.45) is 0 Å². The number of rotatable bonds is 6. The zero-order valence-corrected chi connectivity index (χ0v) is 18.7. The van der Waals surface area contributed by atoms with Crippen molar-refractivity contribution in [3.8, 4) is 23.1 Å². The maximum absolute atomic E-state index is 13.3. The van der Waals surface area contributed by atoms with Crippen LogP contribution in [0.2, 0.25) is 0 Å². The molecule has 1 aromatic heterocycles. The average molecular weight is 484 g/mol. The number of carbonyl (C=O) groups is 1. The van der Waals surface area contributed by atoms with E-state index in [2.05, 4.69) is 15.4 Å². The number of halogens is 4. The maximum Gasteiger partial charge on any atom is 0.416 e. The number of hydrogen-bond acceptors (Lipinski definition) is 4. The number of nitrogens with zero attached hydrogens (tertiary/aromatic N) is 3. The topological polar surface area (TPSA) is 69.0 Å². The Bertz CT molecular complexity index is 1330. The van der Waals surface area contributed by atoms with Crippen molar-refractivity contribution in [2.45, 2.75) is 26.1 Å². The minimum atomic E-state index is -4.51. The highest BCUT2D eigenvalue weighted by atomic mass is 19.4. The Balaban J connectivity index is 1.65. The average Bonchev–Trinajstić information content (AvgIpc) is 3.22. The minimum Gasteiger partial charge on any atom is -0.460 e. The Morgan fingerprint density at radius 2 is 1.69 bits per heavy atom. The third-order valence-electron chi connectivity index (χ3n) is 4.85. The molecule has 0 atom stereocenters. The van der Waals surface area contributed by atoms with Gasteiger partial charge in [0, 0.05) is 16.8 Å². The lowest BCUT2D eigenvalue weighted by Crippen LogP contribution is -2.12. The van der Waals surface area contributed by atoms with E-state index in [0.29, 0.717) is 11.4 Å². The van der Waals surface area contributed by atoms with Gasteiger partial charge in [-0.3, -0.25) is 4.79 Å². The highest BCUT2D eigenvalue weighted by Crippen LogP contribution is 2.33. The van der Waals surface area contributed by atoms with Crippen LogP contribution in [0.4, 0.5) is 23.2 Å². The monoisotopic (exact) mass is 484 g/mol. The van der Waals surface area contributed by atoms with Crippen LogP contribution in [-0.2, 0) is 6.18 Å². The van der Waals surface area contributed by atoms with Crippen molar-refractivity contribution in [1.82, 2.24) is 14.8 Å². The summed E-state index contributed by atoms with van der Waals surface area (Å²) in [6.07, 6.45) is -4.76. The Morgan fingerprint density at radius 1 is 1.00 bits per heavy atom. The number of nitrogens with one attached hydrogen (secondary N) is 1. The van der Waals surface area contributed by atoms with E-state index in [1.165, 1.54) is 41.1 Å². The van der Waals surface area contributed by atoms with Gasteiger partial charge in [0.2, 0.25) is 0 Å². The summed E-state index contributed by atoms with van der Waals surface area (Å²) in [5.41, 5.74) is 0.633. The molecule has 0 radical (unpaired) electrons. The highest BCUT2D eigenvalue weighted by Gasteiger charge is 2.31. The molecular weight excluding hydrogens is 464 g/mol. The molecule has 180 valence electrons. The third-order valence-corrected chi connectivity index (χ3v) is 4.85. The molecule has 6 nitrogen and oxygen atoms in total. The second-order valence-electron chi connectivity index (χ2n) is 7.88. The van der Waals surface area contributed by atoms with Crippen LogP contribution in [0.25, 0.3) is 17.1 Å². The van der Waals surface area contributed by atoms with Gasteiger partial charge in [-0.15, -0.1) is 5.10 Å². The third kappa shape index (κ3) is 5.65. The van der Waals surface area contributed by atoms with Gasteiger partial charge in [0.15, 0.2) is 5.82 Å². The van der Waals surface area contributed by atoms with E-state index in [0.717, 1.165) is 12.1 Å². The predicted octanol–water partition coefficient (Wildman–Crippen LogP) is 6.13. The molecule has 0 aliphatic rings. The van der Waals surface area contributed by atoms with Crippen molar-refractivity contribution in [2.75, 3.05) is 5.32 Å². The van der Waals surface area contributed by atoms with Crippen molar-refractivity contribution >= 4 is 11.6 Å². The molecule has 0 fully saturated rings. The molecule has 0 bridgehead atoms. The first-order chi connectivity index (χ1) is 16.6. The number of hydrogen-bond donors (Lipinski definition) is 1. The van der Waals surface area contributed by atoms with Crippen molar-refractivity contribution in [3.05, 3.63) is 89.7 Å². The fraction of sp³-hybridized carbons (Fsp3) is 0.160. The first-order valence-electron chi connectivity index (χ1n) is 10.6. The summed E-state index contributed by atoms with van der Waals surface area (Å²) >= 11 is 0. The van der Waals surface area contributed by atoms with Gasteiger partial charge in [-0.25, -0.2) is 9.07 Å². The fourth-order valence-corrected chi connectivity index (χ4v) is 3.25. The summed E-state index contributed by atoms with van der Waals surface area (Å²) in [7, 11) is 0. The molecule has 1 amide bonds. The molecule has 0 saturated heterocycles. The van der Waals surface area contributed by atoms with E-state index in [1.807, 2.05) is 0 Å². The van der Waals surface area contributed by atoms with Gasteiger partial charge in [0.25, 0.3) is 5.91 Å². The molecule has 0 aliphatic carbocycles. The molecule has 0 aliphatic heterocycles. The largest absolute Gasteiger partial charge is 0.460 e. The van der Waals surface area contributed by atoms with Crippen LogP contribution in [0.3, 0.4) is 0 Å². The SMILES string of the molecule is CC(C)Oc1nc(-c2cccc(C(F)(F)F)c2)n(-c2ccc(NC(=O)c3ccc(F)cc3)cc2)n1. The fourth-order valence-electron chi connectivity index (χ4n) is 3.25. The first-order valence-corrected chi connectivity index (χ1v) is 10.6. The standard InChI is InChI=1S/C25H20F4N4O2/c1-15(2)35-24-31-22(17-4-3-5-18(14-17)25(27,28)29)33(32-24)21-12-10-20(11-13-21)30-23(34)16-6-8-19(26)9-7-16/h3-15H,1-2H3,(H,30,34). The van der Waals surface area contributed by atoms with Crippen molar-refractivity contribution in [3.63, 3.8) is 0 Å². The maximum atomic E-state index is 13.3. The number of aromatic nitrogens is 3. The van der Waals surface area contributed by atoms with E-state index in [1.54, 1.807) is 38.1 Å². The second-order valence-corrected chi connectivity index (χ2v) is 7.88. The normalized spacial score (nSPS) is 11.5. The lowest BCUT2D eigenvalue weighted by Gasteiger charge is -2.10. The zero-order valence-electron chi connectivity index (χ0n) is 18.7. The summed E-state index contributed by atoms with van der Waals surface area (Å²) in [4.78, 5) is 16.7. The molecule has 10 heteroatoms. The molecule has 1 heterocycles. The Morgan fingerprint density at radius 3 is 2.31 bits per heavy atom. The molecule has 0 saturated carbocycles. The Kier molecular flexibility index (Phi) is 6.54. The minimum absolute atomic E-state index is 0.0149. The van der Waals surface area contributed by atoms with Gasteiger partial charge in [-0.1, -0.05) is 12.1 Å². The van der Waals surface area contributed by atoms with E-state index in [4.69, 9.17) is 4.74 Å². The van der Waals surface area contributed by atoms with Crippen LogP contribution in [0.5, 0.6) is 6.01 Å². The first kappa shape index (κ1) is 23.9. The summed E-state index contributed by atoms with van der Waals surface area (Å²) in [6.45, 7) is 3.56. The number of carbonyl (C=O) groups excluding carboxylic acids is 1. The number of benzene rings is 3. The van der Waals surface area contributed by atoms with Gasteiger partial charge in [0.1, 0.15) is 5.82 Å². The lowest BCUT2D eigenvalue weighted by molar-refractivity contribution is -0.137. The highest BCUT2D eigenvalue weighted by molar-refractivity contribution is 6.04. The molecule has 4 aromatic rings. The predicted molar refractivity (Wildman–Crippen MR) is 122 cm³/mol. The van der Waals surface area contributed by atoms with Crippen LogP contribution in [0.15, 0.2) is 72.8 Å². The van der Waals surface area contributed by atoms with Crippen LogP contribution in [0, 0.1) is 5.82 Å². The quantitative estimate of drug-likeness (QED) is 0.334. The van der Waals surface area contributed by atoms with Crippen LogP contribution in [0.1, 0.15) is 29.8 Å². The van der Waals surface area contributed by atoms with Crippen molar-refractivity contribution in [1.29, 1.82) is 0 Å². The molecule has 0 unspecified atom stereocenters. The number of amides is 1. The Hall–Kier alpha value is -4.21. The van der Waals surface area contributed by atoms with Crippen LogP contribution < -0.4 is 10.1 Å². The van der Waals surface area contributed by atoms with Crippen LogP contribution >= 0.6 is 0 Å². The lowest BCUT2D eigenvalue weighted by atomic mass is 10.1. The second kappa shape index (κ2) is 9.57. The van der Waals surface area contributed by atoms with Gasteiger partial charge in [0.05, 0.1) is 17.4 Å². The number of anilines is 1. The Labute approximate surface area is 198 Å². The summed E-state index contributed by atoms with van der Waals surface area (Å²) < 4.78 is 59.8. The van der Waals surface area contributed by atoms with Gasteiger partial charge in [-0.05, 0) is 74.5 Å². The van der Waals surface area contributed by atoms with Gasteiger partial charge >= 0.3 is 12.2 Å².